The lowest BCUT2D eigenvalue weighted by Gasteiger charge is -2.28. The fraction of sp³-hybridized carbons (Fsp3) is 0.714. The lowest BCUT2D eigenvalue weighted by Crippen LogP contribution is -2.35. The number of nitrogens with zero attached hydrogens (tertiary/aromatic N) is 3. The van der Waals surface area contributed by atoms with Gasteiger partial charge in [0.2, 0.25) is 0 Å². The molecule has 0 amide bonds. The molecule has 0 aliphatic carbocycles. The maximum atomic E-state index is 4.53. The fourth-order valence-electron chi connectivity index (χ4n) is 2.31. The van der Waals surface area contributed by atoms with Gasteiger partial charge < -0.3 is 10.7 Å². The van der Waals surface area contributed by atoms with Gasteiger partial charge in [-0.1, -0.05) is 13.3 Å². The molecule has 19 heavy (non-hydrogen) atoms. The van der Waals surface area contributed by atoms with Crippen LogP contribution in [0.3, 0.4) is 0 Å². The third-order valence-corrected chi connectivity index (χ3v) is 3.42. The zero-order valence-corrected chi connectivity index (χ0v) is 12.3. The van der Waals surface area contributed by atoms with Gasteiger partial charge in [0, 0.05) is 25.2 Å². The molecule has 1 aliphatic heterocycles. The van der Waals surface area contributed by atoms with Crippen LogP contribution in [0.4, 0.5) is 11.6 Å². The molecule has 0 saturated carbocycles. The summed E-state index contributed by atoms with van der Waals surface area (Å²) in [6, 6.07) is 0. The van der Waals surface area contributed by atoms with Crippen LogP contribution in [-0.2, 0) is 0 Å². The number of nitrogens with one attached hydrogen (secondary N) is 2. The molecule has 106 valence electrons. The van der Waals surface area contributed by atoms with Crippen LogP contribution < -0.4 is 10.7 Å². The molecule has 1 saturated heterocycles. The van der Waals surface area contributed by atoms with Crippen LogP contribution in [0.5, 0.6) is 0 Å². The van der Waals surface area contributed by atoms with E-state index in [9.17, 15) is 0 Å². The highest BCUT2D eigenvalue weighted by Crippen LogP contribution is 2.21. The Bertz CT molecular complexity index is 413. The first-order valence-corrected chi connectivity index (χ1v) is 7.31. The van der Waals surface area contributed by atoms with Gasteiger partial charge >= 0.3 is 0 Å². The van der Waals surface area contributed by atoms with E-state index in [0.717, 1.165) is 49.1 Å². The first-order chi connectivity index (χ1) is 9.20. The number of aromatic nitrogens is 2. The summed E-state index contributed by atoms with van der Waals surface area (Å²) in [5, 5.41) is 5.64. The van der Waals surface area contributed by atoms with Gasteiger partial charge in [0.15, 0.2) is 0 Å². The lowest BCUT2D eigenvalue weighted by atomic mass is 10.2. The van der Waals surface area contributed by atoms with E-state index in [1.165, 1.54) is 19.3 Å². The molecular weight excluding hydrogens is 238 g/mol. The summed E-state index contributed by atoms with van der Waals surface area (Å²) >= 11 is 0. The average Bonchev–Trinajstić information content (AvgIpc) is 2.42. The van der Waals surface area contributed by atoms with Crippen LogP contribution in [0.1, 0.15) is 44.0 Å². The molecule has 0 aromatic carbocycles. The van der Waals surface area contributed by atoms with Crippen LogP contribution in [0.2, 0.25) is 0 Å². The van der Waals surface area contributed by atoms with Crippen molar-refractivity contribution in [3.05, 3.63) is 11.4 Å². The molecule has 0 spiro atoms. The maximum absolute atomic E-state index is 4.53. The molecule has 2 rings (SSSR count). The largest absolute Gasteiger partial charge is 0.370 e. The quantitative estimate of drug-likeness (QED) is 0.855. The number of hydrogen-bond acceptors (Lipinski definition) is 5. The van der Waals surface area contributed by atoms with Crippen LogP contribution in [0.15, 0.2) is 0 Å². The van der Waals surface area contributed by atoms with Crippen LogP contribution in [0, 0.1) is 13.8 Å². The number of aryl methyl sites for hydroxylation is 1. The zero-order chi connectivity index (χ0) is 13.7. The standard InChI is InChI=1S/C14H25N5/c1-4-8-15-13-11(2)14(17-12(3)16-13)18-19-9-6-5-7-10-19/h4-10H2,1-3H3,(H2,15,16,17,18). The normalized spacial score (nSPS) is 16.4. The smallest absolute Gasteiger partial charge is 0.149 e. The van der Waals surface area contributed by atoms with E-state index in [1.807, 2.05) is 6.92 Å². The number of hydrogen-bond donors (Lipinski definition) is 2. The van der Waals surface area contributed by atoms with Crippen molar-refractivity contribution < 1.29 is 0 Å². The highest BCUT2D eigenvalue weighted by molar-refractivity contribution is 5.56. The van der Waals surface area contributed by atoms with Gasteiger partial charge in [-0.3, -0.25) is 0 Å². The molecule has 2 heterocycles. The van der Waals surface area contributed by atoms with E-state index >= 15 is 0 Å². The molecule has 2 N–H and O–H groups in total. The van der Waals surface area contributed by atoms with E-state index in [0.29, 0.717) is 0 Å². The minimum Gasteiger partial charge on any atom is -0.370 e. The lowest BCUT2D eigenvalue weighted by molar-refractivity contribution is 0.272. The van der Waals surface area contributed by atoms with Crippen LogP contribution in [-0.4, -0.2) is 34.6 Å². The van der Waals surface area contributed by atoms with Crippen molar-refractivity contribution in [1.82, 2.24) is 15.0 Å². The van der Waals surface area contributed by atoms with E-state index in [2.05, 4.69) is 39.6 Å². The Balaban J connectivity index is 2.11. The van der Waals surface area contributed by atoms with Gasteiger partial charge in [-0.15, -0.1) is 0 Å². The minimum atomic E-state index is 0.809. The number of anilines is 2. The van der Waals surface area contributed by atoms with Gasteiger partial charge in [0.1, 0.15) is 17.5 Å². The number of rotatable bonds is 5. The van der Waals surface area contributed by atoms with E-state index in [-0.39, 0.29) is 0 Å². The topological polar surface area (TPSA) is 53.1 Å². The molecule has 5 nitrogen and oxygen atoms in total. The monoisotopic (exact) mass is 263 g/mol. The molecule has 0 atom stereocenters. The summed E-state index contributed by atoms with van der Waals surface area (Å²) < 4.78 is 0. The van der Waals surface area contributed by atoms with E-state index in [1.54, 1.807) is 0 Å². The van der Waals surface area contributed by atoms with Crippen molar-refractivity contribution in [2.45, 2.75) is 46.5 Å². The van der Waals surface area contributed by atoms with Gasteiger partial charge in [-0.2, -0.15) is 0 Å². The van der Waals surface area contributed by atoms with Crippen molar-refractivity contribution in [3.63, 3.8) is 0 Å². The summed E-state index contributed by atoms with van der Waals surface area (Å²) in [7, 11) is 0. The van der Waals surface area contributed by atoms with Gasteiger partial charge in [0.05, 0.1) is 0 Å². The fourth-order valence-corrected chi connectivity index (χ4v) is 2.31. The maximum Gasteiger partial charge on any atom is 0.149 e. The highest BCUT2D eigenvalue weighted by atomic mass is 15.5. The van der Waals surface area contributed by atoms with Gasteiger partial charge in [-0.05, 0) is 33.1 Å². The second kappa shape index (κ2) is 6.70. The van der Waals surface area contributed by atoms with Crippen molar-refractivity contribution >= 4 is 11.6 Å². The SMILES string of the molecule is CCCNc1nc(C)nc(NN2CCCCC2)c1C. The summed E-state index contributed by atoms with van der Waals surface area (Å²) in [5.41, 5.74) is 4.55. The van der Waals surface area contributed by atoms with E-state index in [4.69, 9.17) is 0 Å². The molecule has 1 fully saturated rings. The van der Waals surface area contributed by atoms with Crippen molar-refractivity contribution in [1.29, 1.82) is 0 Å². The molecule has 0 radical (unpaired) electrons. The summed E-state index contributed by atoms with van der Waals surface area (Å²) in [6.45, 7) is 9.31. The second-order valence-electron chi connectivity index (χ2n) is 5.18. The predicted octanol–water partition coefficient (Wildman–Crippen LogP) is 2.73. The third kappa shape index (κ3) is 3.80. The zero-order valence-electron chi connectivity index (χ0n) is 12.3. The molecule has 1 aliphatic rings. The molecule has 1 aromatic rings. The summed E-state index contributed by atoms with van der Waals surface area (Å²) in [5.74, 6) is 2.70. The first-order valence-electron chi connectivity index (χ1n) is 7.31. The number of piperidine rings is 1. The van der Waals surface area contributed by atoms with Crippen LogP contribution >= 0.6 is 0 Å². The van der Waals surface area contributed by atoms with Crippen molar-refractivity contribution in [2.75, 3.05) is 30.4 Å². The Morgan fingerprint density at radius 1 is 1.05 bits per heavy atom. The molecular formula is C14H25N5. The molecule has 0 bridgehead atoms. The Hall–Kier alpha value is -1.36. The second-order valence-corrected chi connectivity index (χ2v) is 5.18. The first kappa shape index (κ1) is 14.1. The van der Waals surface area contributed by atoms with Crippen molar-refractivity contribution in [2.24, 2.45) is 0 Å². The highest BCUT2D eigenvalue weighted by Gasteiger charge is 2.14. The van der Waals surface area contributed by atoms with Crippen LogP contribution in [0.25, 0.3) is 0 Å². The van der Waals surface area contributed by atoms with Gasteiger partial charge in [-0.25, -0.2) is 15.0 Å². The van der Waals surface area contributed by atoms with Crippen molar-refractivity contribution in [3.8, 4) is 0 Å². The Kier molecular flexibility index (Phi) is 4.96. The molecule has 1 aromatic heterocycles. The summed E-state index contributed by atoms with van der Waals surface area (Å²) in [4.78, 5) is 9.01. The Labute approximate surface area is 115 Å². The number of hydrazine groups is 1. The Morgan fingerprint density at radius 2 is 1.74 bits per heavy atom. The third-order valence-electron chi connectivity index (χ3n) is 3.42. The predicted molar refractivity (Wildman–Crippen MR) is 79.3 cm³/mol. The summed E-state index contributed by atoms with van der Waals surface area (Å²) in [6.07, 6.45) is 4.95. The average molecular weight is 263 g/mol. The molecule has 5 heteroatoms. The Morgan fingerprint density at radius 3 is 2.42 bits per heavy atom. The van der Waals surface area contributed by atoms with E-state index < -0.39 is 0 Å². The molecule has 0 unspecified atom stereocenters. The van der Waals surface area contributed by atoms with Gasteiger partial charge in [0.25, 0.3) is 0 Å². The minimum absolute atomic E-state index is 0.809.